The first-order chi connectivity index (χ1) is 13.9. The number of aliphatic hydroxyl groups excluding tert-OH is 2. The number of aliphatic carboxylic acids is 1. The van der Waals surface area contributed by atoms with E-state index in [9.17, 15) is 15.0 Å². The Morgan fingerprint density at radius 1 is 1.28 bits per heavy atom. The van der Waals surface area contributed by atoms with Crippen molar-refractivity contribution in [1.82, 2.24) is 0 Å². The van der Waals surface area contributed by atoms with Gasteiger partial charge in [0.25, 0.3) is 0 Å². The average Bonchev–Trinajstić information content (AvgIpc) is 2.95. The van der Waals surface area contributed by atoms with Crippen LogP contribution in [0.4, 0.5) is 0 Å². The van der Waals surface area contributed by atoms with Crippen LogP contribution in [-0.4, -0.2) is 39.4 Å². The van der Waals surface area contributed by atoms with Gasteiger partial charge in [0.15, 0.2) is 0 Å². The summed E-state index contributed by atoms with van der Waals surface area (Å²) in [5.41, 5.74) is 0.881. The fraction of sp³-hybridized carbons (Fsp3) is 0.609. The van der Waals surface area contributed by atoms with Gasteiger partial charge in [-0.2, -0.15) is 0 Å². The molecule has 0 bridgehead atoms. The van der Waals surface area contributed by atoms with Crippen LogP contribution in [-0.2, 0) is 4.79 Å². The quantitative estimate of drug-likeness (QED) is 0.257. The number of aliphatic hydroxyl groups is 2. The van der Waals surface area contributed by atoms with Crippen LogP contribution >= 0.6 is 11.6 Å². The van der Waals surface area contributed by atoms with Crippen molar-refractivity contribution in [3.63, 3.8) is 0 Å². The number of rotatable bonds is 12. The first-order valence-electron chi connectivity index (χ1n) is 10.5. The highest BCUT2D eigenvalue weighted by molar-refractivity contribution is 6.21. The summed E-state index contributed by atoms with van der Waals surface area (Å²) in [6.45, 7) is 2.43. The molecule has 0 aliphatic heterocycles. The number of alkyl halides is 1. The third kappa shape index (κ3) is 7.65. The maximum atomic E-state index is 10.5. The van der Waals surface area contributed by atoms with Crippen LogP contribution in [0.3, 0.4) is 0 Å². The Balaban J connectivity index is 1.85. The normalized spacial score (nSPS) is 25.4. The number of carboxylic acids is 1. The molecule has 5 atom stereocenters. The van der Waals surface area contributed by atoms with Gasteiger partial charge in [0, 0.05) is 17.7 Å². The van der Waals surface area contributed by atoms with Gasteiger partial charge in [0.05, 0.1) is 18.8 Å². The molecular formula is C23H33ClO5. The Morgan fingerprint density at radius 2 is 2.00 bits per heavy atom. The molecule has 162 valence electrons. The van der Waals surface area contributed by atoms with Gasteiger partial charge in [0.2, 0.25) is 0 Å². The molecule has 29 heavy (non-hydrogen) atoms. The number of hydrogen-bond acceptors (Lipinski definition) is 4. The highest BCUT2D eigenvalue weighted by atomic mass is 35.5. The standard InChI is InChI=1S/C23H33ClO5/c1-2-7-21(25)16-10-12-17(13-11-16)29-15-19-18(20(24)14-22(19)26)8-5-3-4-6-9-23(27)28/h3,5,10-13,18-22,25-26H,2,4,6-9,14-15H2,1H3,(H,27,28)/b5-3-. The molecule has 2 rings (SSSR count). The molecule has 1 aliphatic rings. The van der Waals surface area contributed by atoms with Gasteiger partial charge in [0.1, 0.15) is 5.75 Å². The van der Waals surface area contributed by atoms with E-state index in [-0.39, 0.29) is 23.6 Å². The molecule has 0 aromatic heterocycles. The lowest BCUT2D eigenvalue weighted by Gasteiger charge is -2.22. The Bertz CT molecular complexity index is 645. The van der Waals surface area contributed by atoms with Gasteiger partial charge in [-0.25, -0.2) is 0 Å². The van der Waals surface area contributed by atoms with Crippen molar-refractivity contribution in [2.24, 2.45) is 11.8 Å². The zero-order valence-electron chi connectivity index (χ0n) is 17.0. The van der Waals surface area contributed by atoms with Crippen molar-refractivity contribution in [1.29, 1.82) is 0 Å². The minimum Gasteiger partial charge on any atom is -0.493 e. The molecule has 0 heterocycles. The lowest BCUT2D eigenvalue weighted by molar-refractivity contribution is -0.137. The van der Waals surface area contributed by atoms with Crippen LogP contribution in [0.1, 0.15) is 63.5 Å². The van der Waals surface area contributed by atoms with Crippen molar-refractivity contribution in [2.45, 2.75) is 69.5 Å². The van der Waals surface area contributed by atoms with E-state index >= 15 is 0 Å². The lowest BCUT2D eigenvalue weighted by Crippen LogP contribution is -2.27. The summed E-state index contributed by atoms with van der Waals surface area (Å²) >= 11 is 6.46. The molecule has 1 aromatic carbocycles. The summed E-state index contributed by atoms with van der Waals surface area (Å²) < 4.78 is 5.92. The lowest BCUT2D eigenvalue weighted by atomic mass is 9.92. The summed E-state index contributed by atoms with van der Waals surface area (Å²) in [6, 6.07) is 7.46. The SMILES string of the molecule is CCCC(O)c1ccc(OCC2C(O)CC(Cl)C2C/C=C\CCCC(=O)O)cc1. The fourth-order valence-electron chi connectivity index (χ4n) is 3.85. The third-order valence-electron chi connectivity index (χ3n) is 5.58. The number of halogens is 1. The summed E-state index contributed by atoms with van der Waals surface area (Å²) in [7, 11) is 0. The number of hydrogen-bond donors (Lipinski definition) is 3. The van der Waals surface area contributed by atoms with E-state index in [1.807, 2.05) is 43.3 Å². The second kappa shape index (κ2) is 12.2. The van der Waals surface area contributed by atoms with Crippen LogP contribution in [0.5, 0.6) is 5.75 Å². The number of carbonyl (C=O) groups is 1. The number of ether oxygens (including phenoxy) is 1. The van der Waals surface area contributed by atoms with E-state index in [1.54, 1.807) is 0 Å². The first kappa shape index (κ1) is 23.7. The van der Waals surface area contributed by atoms with Gasteiger partial charge in [-0.3, -0.25) is 4.79 Å². The maximum absolute atomic E-state index is 10.5. The predicted octanol–water partition coefficient (Wildman–Crippen LogP) is 4.70. The van der Waals surface area contributed by atoms with E-state index in [0.29, 0.717) is 25.2 Å². The van der Waals surface area contributed by atoms with Crippen LogP contribution in [0.2, 0.25) is 0 Å². The third-order valence-corrected chi connectivity index (χ3v) is 6.08. The molecule has 0 spiro atoms. The van der Waals surface area contributed by atoms with Crippen molar-refractivity contribution < 1.29 is 24.9 Å². The first-order valence-corrected chi connectivity index (χ1v) is 11.0. The molecule has 3 N–H and O–H groups in total. The Kier molecular flexibility index (Phi) is 9.98. The van der Waals surface area contributed by atoms with E-state index in [0.717, 1.165) is 31.2 Å². The van der Waals surface area contributed by atoms with Gasteiger partial charge < -0.3 is 20.1 Å². The van der Waals surface area contributed by atoms with Crippen molar-refractivity contribution >= 4 is 17.6 Å². The fourth-order valence-corrected chi connectivity index (χ4v) is 4.32. The van der Waals surface area contributed by atoms with E-state index in [1.165, 1.54) is 0 Å². The minimum absolute atomic E-state index is 0.0495. The van der Waals surface area contributed by atoms with Gasteiger partial charge in [-0.1, -0.05) is 37.6 Å². The van der Waals surface area contributed by atoms with Crippen LogP contribution < -0.4 is 4.74 Å². The van der Waals surface area contributed by atoms with Crippen molar-refractivity contribution in [3.05, 3.63) is 42.0 Å². The van der Waals surface area contributed by atoms with Gasteiger partial charge in [-0.05, 0) is 55.7 Å². The molecule has 0 radical (unpaired) electrons. The summed E-state index contributed by atoms with van der Waals surface area (Å²) in [6.07, 6.45) is 7.57. The molecule has 5 nitrogen and oxygen atoms in total. The summed E-state index contributed by atoms with van der Waals surface area (Å²) in [5, 5.41) is 29.0. The van der Waals surface area contributed by atoms with Crippen LogP contribution in [0.15, 0.2) is 36.4 Å². The number of carboxylic acid groups (broad SMARTS) is 1. The maximum Gasteiger partial charge on any atom is 0.303 e. The highest BCUT2D eigenvalue weighted by Gasteiger charge is 2.41. The molecule has 5 unspecified atom stereocenters. The molecule has 6 heteroatoms. The second-order valence-corrected chi connectivity index (χ2v) is 8.38. The largest absolute Gasteiger partial charge is 0.493 e. The Morgan fingerprint density at radius 3 is 2.66 bits per heavy atom. The van der Waals surface area contributed by atoms with E-state index < -0.39 is 18.2 Å². The molecule has 1 aromatic rings. The van der Waals surface area contributed by atoms with Crippen LogP contribution in [0, 0.1) is 11.8 Å². The van der Waals surface area contributed by atoms with Crippen molar-refractivity contribution in [3.8, 4) is 5.75 Å². The van der Waals surface area contributed by atoms with E-state index in [4.69, 9.17) is 21.4 Å². The Labute approximate surface area is 178 Å². The second-order valence-electron chi connectivity index (χ2n) is 7.82. The molecule has 0 amide bonds. The monoisotopic (exact) mass is 424 g/mol. The minimum atomic E-state index is -0.775. The molecular weight excluding hydrogens is 392 g/mol. The zero-order valence-corrected chi connectivity index (χ0v) is 17.8. The summed E-state index contributed by atoms with van der Waals surface area (Å²) in [5.74, 6) is 0.00783. The molecule has 1 saturated carbocycles. The van der Waals surface area contributed by atoms with Gasteiger partial charge >= 0.3 is 5.97 Å². The Hall–Kier alpha value is -1.56. The zero-order chi connectivity index (χ0) is 21.2. The number of unbranched alkanes of at least 4 members (excludes halogenated alkanes) is 1. The predicted molar refractivity (Wildman–Crippen MR) is 114 cm³/mol. The summed E-state index contributed by atoms with van der Waals surface area (Å²) in [4.78, 5) is 10.5. The molecule has 1 aliphatic carbocycles. The smallest absolute Gasteiger partial charge is 0.303 e. The van der Waals surface area contributed by atoms with Crippen LogP contribution in [0.25, 0.3) is 0 Å². The average molecular weight is 425 g/mol. The highest BCUT2D eigenvalue weighted by Crippen LogP contribution is 2.39. The van der Waals surface area contributed by atoms with Crippen molar-refractivity contribution in [2.75, 3.05) is 6.61 Å². The number of benzene rings is 1. The molecule has 1 fully saturated rings. The van der Waals surface area contributed by atoms with E-state index in [2.05, 4.69) is 0 Å². The topological polar surface area (TPSA) is 87.0 Å². The number of allylic oxidation sites excluding steroid dienone is 2. The van der Waals surface area contributed by atoms with Gasteiger partial charge in [-0.15, -0.1) is 11.6 Å². The molecule has 0 saturated heterocycles.